The zero-order valence-corrected chi connectivity index (χ0v) is 20.1. The summed E-state index contributed by atoms with van der Waals surface area (Å²) in [6.45, 7) is 2.40. The third-order valence-corrected chi connectivity index (χ3v) is 6.90. The average Bonchev–Trinajstić information content (AvgIpc) is 2.80. The Morgan fingerprint density at radius 2 is 1.76 bits per heavy atom. The minimum atomic E-state index is -3.96. The highest BCUT2D eigenvalue weighted by atomic mass is 32.2. The van der Waals surface area contributed by atoms with E-state index in [9.17, 15) is 18.0 Å². The van der Waals surface area contributed by atoms with Crippen LogP contribution >= 0.6 is 11.8 Å². The summed E-state index contributed by atoms with van der Waals surface area (Å²) < 4.78 is 39.4. The predicted molar refractivity (Wildman–Crippen MR) is 127 cm³/mol. The van der Waals surface area contributed by atoms with Crippen molar-refractivity contribution in [2.24, 2.45) is 0 Å². The molecule has 1 unspecified atom stereocenters. The van der Waals surface area contributed by atoms with Gasteiger partial charge >= 0.3 is 0 Å². The summed E-state index contributed by atoms with van der Waals surface area (Å²) in [6, 6.07) is 10.5. The third-order valence-electron chi connectivity index (χ3n) is 4.79. The maximum atomic E-state index is 13.0. The number of benzene rings is 2. The summed E-state index contributed by atoms with van der Waals surface area (Å²) >= 11 is 1.52. The number of thioether (sulfide) groups is 1. The molecule has 0 radical (unpaired) electrons. The third kappa shape index (κ3) is 7.11. The number of carbonyl (C=O) groups excluding carboxylic acids is 2. The smallest absolute Gasteiger partial charge is 0.241 e. The zero-order chi connectivity index (χ0) is 23.8. The van der Waals surface area contributed by atoms with Gasteiger partial charge in [-0.2, -0.15) is 16.5 Å². The van der Waals surface area contributed by atoms with E-state index in [1.54, 1.807) is 30.3 Å². The van der Waals surface area contributed by atoms with Crippen LogP contribution in [0.15, 0.2) is 47.4 Å². The summed E-state index contributed by atoms with van der Waals surface area (Å²) in [5.41, 5.74) is 1.47. The van der Waals surface area contributed by atoms with Crippen LogP contribution in [-0.4, -0.2) is 51.5 Å². The Bertz CT molecular complexity index is 1090. The summed E-state index contributed by atoms with van der Waals surface area (Å²) in [6.07, 6.45) is 2.22. The van der Waals surface area contributed by atoms with Gasteiger partial charge in [0.25, 0.3) is 0 Å². The Hall–Kier alpha value is -2.76. The highest BCUT2D eigenvalue weighted by Crippen LogP contribution is 2.32. The molecule has 2 aromatic rings. The molecule has 1 aliphatic rings. The van der Waals surface area contributed by atoms with E-state index < -0.39 is 22.0 Å². The molecule has 1 aliphatic heterocycles. The topological polar surface area (TPSA) is 123 Å². The quantitative estimate of drug-likeness (QED) is 0.463. The van der Waals surface area contributed by atoms with Crippen molar-refractivity contribution in [3.05, 3.63) is 48.0 Å². The highest BCUT2D eigenvalue weighted by molar-refractivity contribution is 7.98. The Balaban J connectivity index is 1.66. The van der Waals surface area contributed by atoms with E-state index in [-0.39, 0.29) is 17.3 Å². The van der Waals surface area contributed by atoms with Crippen molar-refractivity contribution in [3.63, 3.8) is 0 Å². The predicted octanol–water partition coefficient (Wildman–Crippen LogP) is 2.13. The first-order valence-electron chi connectivity index (χ1n) is 10.3. The first kappa shape index (κ1) is 24.9. The second kappa shape index (κ2) is 11.4. The molecule has 178 valence electrons. The average molecular weight is 494 g/mol. The van der Waals surface area contributed by atoms with E-state index >= 15 is 0 Å². The molecule has 3 N–H and O–H groups in total. The van der Waals surface area contributed by atoms with Crippen LogP contribution in [0.5, 0.6) is 11.5 Å². The van der Waals surface area contributed by atoms with Crippen molar-refractivity contribution in [1.29, 1.82) is 0 Å². The molecule has 0 saturated carbocycles. The molecule has 2 amide bonds. The number of nitrogens with one attached hydrogen (secondary N) is 3. The lowest BCUT2D eigenvalue weighted by atomic mass is 10.2. The zero-order valence-electron chi connectivity index (χ0n) is 18.4. The lowest BCUT2D eigenvalue weighted by Crippen LogP contribution is -2.46. The molecule has 0 aliphatic carbocycles. The molecule has 0 spiro atoms. The van der Waals surface area contributed by atoms with Crippen molar-refractivity contribution in [3.8, 4) is 11.5 Å². The van der Waals surface area contributed by atoms with Crippen LogP contribution in [0.3, 0.4) is 0 Å². The van der Waals surface area contributed by atoms with E-state index in [1.165, 1.54) is 30.8 Å². The van der Waals surface area contributed by atoms with Gasteiger partial charge in [-0.1, -0.05) is 12.1 Å². The molecule has 0 fully saturated rings. The van der Waals surface area contributed by atoms with E-state index in [0.29, 0.717) is 42.6 Å². The number of sulfonamides is 1. The van der Waals surface area contributed by atoms with Crippen molar-refractivity contribution in [2.45, 2.75) is 30.8 Å². The molecule has 9 nitrogen and oxygen atoms in total. The lowest BCUT2D eigenvalue weighted by Gasteiger charge is -2.21. The standard InChI is InChI=1S/C22H27N3O6S2/c1-15(26)24-17-5-3-16(4-6-17)14-23-22(27)19(9-12-32-2)25-33(28,29)18-7-8-20-21(13-18)31-11-10-30-20/h3-8,13,19,25H,9-12,14H2,1-2H3,(H,23,27)(H,24,26). The van der Waals surface area contributed by atoms with Gasteiger partial charge in [0.05, 0.1) is 4.90 Å². The number of fused-ring (bicyclic) bond motifs is 1. The summed E-state index contributed by atoms with van der Waals surface area (Å²) in [4.78, 5) is 24.0. The summed E-state index contributed by atoms with van der Waals surface area (Å²) in [5.74, 6) is 0.861. The normalized spacial score (nSPS) is 13.8. The van der Waals surface area contributed by atoms with E-state index in [4.69, 9.17) is 9.47 Å². The maximum absolute atomic E-state index is 13.0. The van der Waals surface area contributed by atoms with Crippen LogP contribution in [0.25, 0.3) is 0 Å². The second-order valence-corrected chi connectivity index (χ2v) is 10.1. The van der Waals surface area contributed by atoms with Crippen LogP contribution in [0.2, 0.25) is 0 Å². The Morgan fingerprint density at radius 1 is 1.06 bits per heavy atom. The van der Waals surface area contributed by atoms with Crippen LogP contribution < -0.4 is 24.8 Å². The molecule has 2 aromatic carbocycles. The second-order valence-electron chi connectivity index (χ2n) is 7.36. The van der Waals surface area contributed by atoms with Crippen molar-refractivity contribution in [1.82, 2.24) is 10.0 Å². The molecular formula is C22H27N3O6S2. The van der Waals surface area contributed by atoms with Crippen molar-refractivity contribution in [2.75, 3.05) is 30.5 Å². The van der Waals surface area contributed by atoms with Crippen LogP contribution in [0.1, 0.15) is 18.9 Å². The molecule has 0 aromatic heterocycles. The highest BCUT2D eigenvalue weighted by Gasteiger charge is 2.27. The molecule has 11 heteroatoms. The van der Waals surface area contributed by atoms with Gasteiger partial charge in [0.2, 0.25) is 21.8 Å². The SMILES string of the molecule is CSCCC(NS(=O)(=O)c1ccc2c(c1)OCCO2)C(=O)NCc1ccc(NC(C)=O)cc1. The Morgan fingerprint density at radius 3 is 2.42 bits per heavy atom. The van der Waals surface area contributed by atoms with Gasteiger partial charge in [0.15, 0.2) is 11.5 Å². The molecule has 1 heterocycles. The molecule has 3 rings (SSSR count). The van der Waals surface area contributed by atoms with Crippen molar-refractivity contribution >= 4 is 39.3 Å². The monoisotopic (exact) mass is 493 g/mol. The van der Waals surface area contributed by atoms with Gasteiger partial charge < -0.3 is 20.1 Å². The lowest BCUT2D eigenvalue weighted by molar-refractivity contribution is -0.123. The molecule has 1 atom stereocenters. The first-order valence-corrected chi connectivity index (χ1v) is 13.2. The Labute approximate surface area is 197 Å². The van der Waals surface area contributed by atoms with Gasteiger partial charge in [-0.05, 0) is 48.3 Å². The number of rotatable bonds is 10. The largest absolute Gasteiger partial charge is 0.486 e. The molecular weight excluding hydrogens is 466 g/mol. The molecule has 33 heavy (non-hydrogen) atoms. The number of anilines is 1. The fourth-order valence-corrected chi connectivity index (χ4v) is 4.86. The summed E-state index contributed by atoms with van der Waals surface area (Å²) in [5, 5.41) is 5.46. The van der Waals surface area contributed by atoms with Gasteiger partial charge in [-0.3, -0.25) is 9.59 Å². The number of hydrogen-bond donors (Lipinski definition) is 3. The number of hydrogen-bond acceptors (Lipinski definition) is 7. The van der Waals surface area contributed by atoms with Crippen molar-refractivity contribution < 1.29 is 27.5 Å². The van der Waals surface area contributed by atoms with Crippen LogP contribution in [-0.2, 0) is 26.2 Å². The number of carbonyl (C=O) groups is 2. The molecule has 0 saturated heterocycles. The number of amides is 2. The van der Waals surface area contributed by atoms with Gasteiger partial charge in [0.1, 0.15) is 19.3 Å². The summed E-state index contributed by atoms with van der Waals surface area (Å²) in [7, 11) is -3.96. The van der Waals surface area contributed by atoms with Gasteiger partial charge in [-0.25, -0.2) is 8.42 Å². The fourth-order valence-electron chi connectivity index (χ4n) is 3.15. The van der Waals surface area contributed by atoms with Gasteiger partial charge in [0, 0.05) is 25.2 Å². The van der Waals surface area contributed by atoms with Gasteiger partial charge in [-0.15, -0.1) is 0 Å². The molecule has 0 bridgehead atoms. The van der Waals surface area contributed by atoms with E-state index in [2.05, 4.69) is 15.4 Å². The minimum absolute atomic E-state index is 0.00209. The Kier molecular flexibility index (Phi) is 8.59. The van der Waals surface area contributed by atoms with E-state index in [1.807, 2.05) is 6.26 Å². The van der Waals surface area contributed by atoms with E-state index in [0.717, 1.165) is 5.56 Å². The fraction of sp³-hybridized carbons (Fsp3) is 0.364. The van der Waals surface area contributed by atoms with Crippen LogP contribution in [0, 0.1) is 0 Å². The first-order chi connectivity index (χ1) is 15.8. The maximum Gasteiger partial charge on any atom is 0.241 e. The minimum Gasteiger partial charge on any atom is -0.486 e. The van der Waals surface area contributed by atoms with Crippen LogP contribution in [0.4, 0.5) is 5.69 Å². The number of ether oxygens (including phenoxy) is 2.